The Morgan fingerprint density at radius 1 is 1.36 bits per heavy atom. The van der Waals surface area contributed by atoms with Crippen LogP contribution in [0.3, 0.4) is 0 Å². The summed E-state index contributed by atoms with van der Waals surface area (Å²) in [6.45, 7) is 3.66. The van der Waals surface area contributed by atoms with Crippen molar-refractivity contribution in [3.8, 4) is 5.75 Å². The van der Waals surface area contributed by atoms with Crippen LogP contribution in [0.15, 0.2) is 29.3 Å². The van der Waals surface area contributed by atoms with Crippen LogP contribution in [0.4, 0.5) is 5.69 Å². The number of guanidine groups is 1. The first-order chi connectivity index (χ1) is 13.7. The first-order valence-corrected chi connectivity index (χ1v) is 9.83. The molecule has 0 bridgehead atoms. The van der Waals surface area contributed by atoms with Crippen molar-refractivity contribution in [1.29, 1.82) is 0 Å². The Bertz CT molecular complexity index is 689. The number of anilines is 1. The summed E-state index contributed by atoms with van der Waals surface area (Å²) in [4.78, 5) is 18.2. The molecule has 0 aromatic heterocycles. The molecule has 8 nitrogen and oxygen atoms in total. The average Bonchev–Trinajstić information content (AvgIpc) is 3.18. The number of nitrogens with one attached hydrogen (secondary N) is 2. The van der Waals surface area contributed by atoms with E-state index in [1.165, 1.54) is 0 Å². The van der Waals surface area contributed by atoms with Crippen molar-refractivity contribution in [1.82, 2.24) is 10.6 Å². The number of hydrogen-bond donors (Lipinski definition) is 3. The maximum absolute atomic E-state index is 12.2. The molecule has 28 heavy (non-hydrogen) atoms. The van der Waals surface area contributed by atoms with Crippen LogP contribution >= 0.6 is 0 Å². The second kappa shape index (κ2) is 9.75. The lowest BCUT2D eigenvalue weighted by Crippen LogP contribution is -2.45. The number of carbonyl (C=O) groups excluding carboxylic acids is 1. The number of aliphatic hydroxyl groups is 1. The number of ether oxygens (including phenoxy) is 2. The van der Waals surface area contributed by atoms with Gasteiger partial charge in [-0.15, -0.1) is 0 Å². The predicted molar refractivity (Wildman–Crippen MR) is 108 cm³/mol. The Balaban J connectivity index is 1.44. The third-order valence-corrected chi connectivity index (χ3v) is 5.34. The third kappa shape index (κ3) is 4.94. The van der Waals surface area contributed by atoms with Gasteiger partial charge in [-0.2, -0.15) is 0 Å². The van der Waals surface area contributed by atoms with E-state index in [1.54, 1.807) is 11.9 Å². The monoisotopic (exact) mass is 390 g/mol. The van der Waals surface area contributed by atoms with Gasteiger partial charge in [0.2, 0.25) is 0 Å². The summed E-state index contributed by atoms with van der Waals surface area (Å²) in [6, 6.07) is 7.61. The van der Waals surface area contributed by atoms with E-state index in [0.29, 0.717) is 26.2 Å². The summed E-state index contributed by atoms with van der Waals surface area (Å²) in [5.74, 6) is 1.45. The molecule has 1 fully saturated rings. The SMILES string of the molecule is CN=C(NCCCN1C(=O)COc2ccccc21)NCC1(CCO)CCOC1. The molecule has 1 saturated heterocycles. The van der Waals surface area contributed by atoms with Gasteiger partial charge >= 0.3 is 0 Å². The molecule has 0 spiro atoms. The van der Waals surface area contributed by atoms with Crippen molar-refractivity contribution >= 4 is 17.6 Å². The van der Waals surface area contributed by atoms with Crippen LogP contribution in [0.2, 0.25) is 0 Å². The highest BCUT2D eigenvalue weighted by molar-refractivity contribution is 5.97. The molecular formula is C20H30N4O4. The zero-order valence-corrected chi connectivity index (χ0v) is 16.4. The number of amides is 1. The van der Waals surface area contributed by atoms with Gasteiger partial charge in [0, 0.05) is 45.3 Å². The van der Waals surface area contributed by atoms with Crippen molar-refractivity contribution < 1.29 is 19.4 Å². The van der Waals surface area contributed by atoms with Gasteiger partial charge in [-0.05, 0) is 31.4 Å². The molecule has 154 valence electrons. The molecule has 2 aliphatic rings. The van der Waals surface area contributed by atoms with Gasteiger partial charge in [-0.25, -0.2) is 0 Å². The lowest BCUT2D eigenvalue weighted by Gasteiger charge is -2.29. The minimum Gasteiger partial charge on any atom is -0.482 e. The molecule has 1 aromatic carbocycles. The van der Waals surface area contributed by atoms with Crippen molar-refractivity contribution in [3.63, 3.8) is 0 Å². The fourth-order valence-corrected chi connectivity index (χ4v) is 3.65. The standard InChI is InChI=1S/C20H30N4O4/c1-21-19(23-14-20(7-11-25)8-12-27-15-20)22-9-4-10-24-16-5-2-3-6-17(16)28-13-18(24)26/h2-3,5-6,25H,4,7-15H2,1H3,(H2,21,22,23). The number of para-hydroxylation sites is 2. The Kier molecular flexibility index (Phi) is 7.11. The number of benzene rings is 1. The maximum Gasteiger partial charge on any atom is 0.265 e. The molecule has 8 heteroatoms. The van der Waals surface area contributed by atoms with Crippen LogP contribution in [0.25, 0.3) is 0 Å². The van der Waals surface area contributed by atoms with Crippen LogP contribution < -0.4 is 20.3 Å². The minimum absolute atomic E-state index is 0.0200. The van der Waals surface area contributed by atoms with Gasteiger partial charge in [0.05, 0.1) is 12.3 Å². The van der Waals surface area contributed by atoms with E-state index in [4.69, 9.17) is 9.47 Å². The van der Waals surface area contributed by atoms with Crippen molar-refractivity contribution in [2.75, 3.05) is 58.0 Å². The van der Waals surface area contributed by atoms with Crippen LogP contribution in [-0.2, 0) is 9.53 Å². The Hall–Kier alpha value is -2.32. The summed E-state index contributed by atoms with van der Waals surface area (Å²) < 4.78 is 11.0. The zero-order valence-electron chi connectivity index (χ0n) is 16.4. The summed E-state index contributed by atoms with van der Waals surface area (Å²) in [5, 5.41) is 16.0. The van der Waals surface area contributed by atoms with Crippen molar-refractivity contribution in [3.05, 3.63) is 24.3 Å². The second-order valence-corrected chi connectivity index (χ2v) is 7.28. The fraction of sp³-hybridized carbons (Fsp3) is 0.600. The Morgan fingerprint density at radius 3 is 2.96 bits per heavy atom. The molecule has 0 aliphatic carbocycles. The lowest BCUT2D eigenvalue weighted by atomic mass is 9.84. The molecule has 2 aliphatic heterocycles. The van der Waals surface area contributed by atoms with Gasteiger partial charge < -0.3 is 30.1 Å². The van der Waals surface area contributed by atoms with Crippen molar-refractivity contribution in [2.24, 2.45) is 10.4 Å². The number of aliphatic imine (C=N–C) groups is 1. The highest BCUT2D eigenvalue weighted by atomic mass is 16.5. The van der Waals surface area contributed by atoms with E-state index in [1.807, 2.05) is 24.3 Å². The molecule has 0 radical (unpaired) electrons. The third-order valence-electron chi connectivity index (χ3n) is 5.34. The van der Waals surface area contributed by atoms with E-state index in [0.717, 1.165) is 43.3 Å². The highest BCUT2D eigenvalue weighted by Gasteiger charge is 2.34. The fourth-order valence-electron chi connectivity index (χ4n) is 3.65. The summed E-state index contributed by atoms with van der Waals surface area (Å²) >= 11 is 0. The molecule has 1 unspecified atom stereocenters. The smallest absolute Gasteiger partial charge is 0.265 e. The lowest BCUT2D eigenvalue weighted by molar-refractivity contribution is -0.121. The van der Waals surface area contributed by atoms with Gasteiger partial charge in [0.25, 0.3) is 5.91 Å². The van der Waals surface area contributed by atoms with E-state index in [-0.39, 0.29) is 24.5 Å². The van der Waals surface area contributed by atoms with Crippen LogP contribution in [-0.4, -0.2) is 70.1 Å². The molecule has 3 N–H and O–H groups in total. The van der Waals surface area contributed by atoms with Gasteiger partial charge in [0.15, 0.2) is 12.6 Å². The predicted octanol–water partition coefficient (Wildman–Crippen LogP) is 0.756. The summed E-state index contributed by atoms with van der Waals surface area (Å²) in [6.07, 6.45) is 2.44. The van der Waals surface area contributed by atoms with E-state index in [9.17, 15) is 9.90 Å². The maximum atomic E-state index is 12.2. The van der Waals surface area contributed by atoms with Gasteiger partial charge in [-0.3, -0.25) is 9.79 Å². The van der Waals surface area contributed by atoms with Gasteiger partial charge in [0.1, 0.15) is 5.75 Å². The second-order valence-electron chi connectivity index (χ2n) is 7.28. The van der Waals surface area contributed by atoms with Gasteiger partial charge in [-0.1, -0.05) is 12.1 Å². The normalized spacial score (nSPS) is 22.0. The largest absolute Gasteiger partial charge is 0.482 e. The number of carbonyl (C=O) groups is 1. The van der Waals surface area contributed by atoms with Crippen LogP contribution in [0.5, 0.6) is 5.75 Å². The summed E-state index contributed by atoms with van der Waals surface area (Å²) in [5.41, 5.74) is 0.796. The number of rotatable bonds is 8. The van der Waals surface area contributed by atoms with Crippen LogP contribution in [0.1, 0.15) is 19.3 Å². The number of nitrogens with zero attached hydrogens (tertiary/aromatic N) is 2. The number of hydrogen-bond acceptors (Lipinski definition) is 5. The number of fused-ring (bicyclic) bond motifs is 1. The van der Waals surface area contributed by atoms with E-state index in [2.05, 4.69) is 15.6 Å². The quantitative estimate of drug-likeness (QED) is 0.345. The molecule has 1 atom stereocenters. The first-order valence-electron chi connectivity index (χ1n) is 9.83. The van der Waals surface area contributed by atoms with E-state index >= 15 is 0 Å². The first kappa shape index (κ1) is 20.4. The Labute approximate surface area is 165 Å². The summed E-state index contributed by atoms with van der Waals surface area (Å²) in [7, 11) is 1.74. The molecule has 0 saturated carbocycles. The van der Waals surface area contributed by atoms with Crippen LogP contribution in [0, 0.1) is 5.41 Å². The topological polar surface area (TPSA) is 95.4 Å². The zero-order chi connectivity index (χ0) is 19.8. The molecular weight excluding hydrogens is 360 g/mol. The minimum atomic E-state index is -0.0314. The highest BCUT2D eigenvalue weighted by Crippen LogP contribution is 2.32. The van der Waals surface area contributed by atoms with Crippen molar-refractivity contribution in [2.45, 2.75) is 19.3 Å². The average molecular weight is 390 g/mol. The molecule has 1 aromatic rings. The number of aliphatic hydroxyl groups excluding tert-OH is 1. The molecule has 2 heterocycles. The molecule has 3 rings (SSSR count). The van der Waals surface area contributed by atoms with E-state index < -0.39 is 0 Å². The Morgan fingerprint density at radius 2 is 2.21 bits per heavy atom. The molecule has 1 amide bonds.